The first-order chi connectivity index (χ1) is 5.27. The molecular formula is C10H14O. The van der Waals surface area contributed by atoms with E-state index in [1.807, 2.05) is 0 Å². The van der Waals surface area contributed by atoms with Crippen LogP contribution in [0, 0.1) is 11.8 Å². The molecule has 1 saturated carbocycles. The van der Waals surface area contributed by atoms with Gasteiger partial charge in [-0.3, -0.25) is 4.79 Å². The van der Waals surface area contributed by atoms with Crippen LogP contribution in [-0.4, -0.2) is 5.78 Å². The van der Waals surface area contributed by atoms with E-state index >= 15 is 0 Å². The van der Waals surface area contributed by atoms with Crippen LogP contribution in [0.1, 0.15) is 32.6 Å². The van der Waals surface area contributed by atoms with Gasteiger partial charge in [0.05, 0.1) is 0 Å². The maximum atomic E-state index is 11.1. The fraction of sp³-hybridized carbons (Fsp3) is 0.700. The van der Waals surface area contributed by atoms with E-state index in [2.05, 4.69) is 13.0 Å². The Bertz CT molecular complexity index is 215. The van der Waals surface area contributed by atoms with E-state index in [-0.39, 0.29) is 0 Å². The second-order valence-corrected chi connectivity index (χ2v) is 3.83. The minimum Gasteiger partial charge on any atom is -0.300 e. The van der Waals surface area contributed by atoms with E-state index in [1.165, 1.54) is 12.0 Å². The third-order valence-electron chi connectivity index (χ3n) is 3.14. The van der Waals surface area contributed by atoms with Gasteiger partial charge in [-0.05, 0) is 31.6 Å². The molecule has 0 N–H and O–H groups in total. The fourth-order valence-electron chi connectivity index (χ4n) is 2.37. The van der Waals surface area contributed by atoms with Gasteiger partial charge in [-0.25, -0.2) is 0 Å². The van der Waals surface area contributed by atoms with Crippen LogP contribution >= 0.6 is 0 Å². The minimum atomic E-state index is 0.473. The summed E-state index contributed by atoms with van der Waals surface area (Å²) in [4.78, 5) is 11.1. The van der Waals surface area contributed by atoms with Gasteiger partial charge in [-0.15, -0.1) is 0 Å². The van der Waals surface area contributed by atoms with Crippen molar-refractivity contribution in [3.63, 3.8) is 0 Å². The van der Waals surface area contributed by atoms with Crippen molar-refractivity contribution < 1.29 is 4.79 Å². The standard InChI is InChI=1S/C10H14O/c1-7-2-3-8-4-5-9(11)6-10(7)8/h2,8,10H,3-6H2,1H3/t8-,10-/m0/s1. The first-order valence-corrected chi connectivity index (χ1v) is 4.45. The first kappa shape index (κ1) is 7.08. The Morgan fingerprint density at radius 3 is 3.18 bits per heavy atom. The smallest absolute Gasteiger partial charge is 0.133 e. The minimum absolute atomic E-state index is 0.473. The van der Waals surface area contributed by atoms with Crippen LogP contribution in [0.2, 0.25) is 0 Å². The Morgan fingerprint density at radius 1 is 1.55 bits per heavy atom. The zero-order valence-corrected chi connectivity index (χ0v) is 6.97. The topological polar surface area (TPSA) is 17.1 Å². The monoisotopic (exact) mass is 150 g/mol. The molecule has 0 bridgehead atoms. The summed E-state index contributed by atoms with van der Waals surface area (Å²) in [5, 5.41) is 0. The molecule has 0 unspecified atom stereocenters. The van der Waals surface area contributed by atoms with E-state index in [1.54, 1.807) is 0 Å². The molecule has 1 heteroatoms. The lowest BCUT2D eigenvalue weighted by molar-refractivity contribution is -0.122. The van der Waals surface area contributed by atoms with E-state index in [4.69, 9.17) is 0 Å². The Kier molecular flexibility index (Phi) is 1.59. The first-order valence-electron chi connectivity index (χ1n) is 4.45. The lowest BCUT2D eigenvalue weighted by Gasteiger charge is -2.25. The number of rotatable bonds is 0. The van der Waals surface area contributed by atoms with Crippen LogP contribution < -0.4 is 0 Å². The summed E-state index contributed by atoms with van der Waals surface area (Å²) in [5.41, 5.74) is 1.46. The predicted molar refractivity (Wildman–Crippen MR) is 44.2 cm³/mol. The summed E-state index contributed by atoms with van der Waals surface area (Å²) in [6, 6.07) is 0. The molecule has 2 aliphatic rings. The summed E-state index contributed by atoms with van der Waals surface area (Å²) in [7, 11) is 0. The van der Waals surface area contributed by atoms with Gasteiger partial charge in [-0.2, -0.15) is 0 Å². The third-order valence-corrected chi connectivity index (χ3v) is 3.14. The molecule has 0 spiro atoms. The zero-order chi connectivity index (χ0) is 7.84. The van der Waals surface area contributed by atoms with Crippen molar-refractivity contribution in [2.45, 2.75) is 32.6 Å². The summed E-state index contributed by atoms with van der Waals surface area (Å²) >= 11 is 0. The lowest BCUT2D eigenvalue weighted by Crippen LogP contribution is -2.21. The summed E-state index contributed by atoms with van der Waals surface area (Å²) in [5.74, 6) is 1.91. The van der Waals surface area contributed by atoms with Gasteiger partial charge in [0.2, 0.25) is 0 Å². The van der Waals surface area contributed by atoms with Crippen molar-refractivity contribution >= 4 is 5.78 Å². The maximum Gasteiger partial charge on any atom is 0.133 e. The van der Waals surface area contributed by atoms with Crippen LogP contribution in [0.4, 0.5) is 0 Å². The molecule has 1 fully saturated rings. The number of carbonyl (C=O) groups is 1. The van der Waals surface area contributed by atoms with E-state index in [9.17, 15) is 4.79 Å². The van der Waals surface area contributed by atoms with E-state index < -0.39 is 0 Å². The molecule has 2 rings (SSSR count). The molecule has 0 heterocycles. The third kappa shape index (κ3) is 1.13. The molecule has 0 aliphatic heterocycles. The molecule has 0 radical (unpaired) electrons. The van der Waals surface area contributed by atoms with Gasteiger partial charge in [0, 0.05) is 12.8 Å². The van der Waals surface area contributed by atoms with Gasteiger partial charge in [0.15, 0.2) is 0 Å². The second kappa shape index (κ2) is 2.47. The predicted octanol–water partition coefficient (Wildman–Crippen LogP) is 2.32. The number of Topliss-reactive ketones (excluding diaryl/α,β-unsaturated/α-hetero) is 1. The van der Waals surface area contributed by atoms with Gasteiger partial charge in [-0.1, -0.05) is 11.6 Å². The molecule has 0 amide bonds. The van der Waals surface area contributed by atoms with Crippen LogP contribution in [0.15, 0.2) is 11.6 Å². The van der Waals surface area contributed by atoms with E-state index in [0.29, 0.717) is 11.7 Å². The molecule has 2 aliphatic carbocycles. The average Bonchev–Trinajstić information content (AvgIpc) is 2.33. The van der Waals surface area contributed by atoms with Crippen LogP contribution in [0.25, 0.3) is 0 Å². The van der Waals surface area contributed by atoms with Crippen molar-refractivity contribution in [1.82, 2.24) is 0 Å². The number of hydrogen-bond donors (Lipinski definition) is 0. The summed E-state index contributed by atoms with van der Waals surface area (Å²) < 4.78 is 0. The quantitative estimate of drug-likeness (QED) is 0.484. The Hall–Kier alpha value is -0.590. The Morgan fingerprint density at radius 2 is 2.36 bits per heavy atom. The van der Waals surface area contributed by atoms with Crippen molar-refractivity contribution in [1.29, 1.82) is 0 Å². The number of carbonyl (C=O) groups excluding carboxylic acids is 1. The van der Waals surface area contributed by atoms with Crippen molar-refractivity contribution in [2.24, 2.45) is 11.8 Å². The van der Waals surface area contributed by atoms with Crippen LogP contribution in [0.3, 0.4) is 0 Å². The highest BCUT2D eigenvalue weighted by atomic mass is 16.1. The SMILES string of the molecule is CC1=CC[C@H]2CCC(=O)C[C@@H]12. The van der Waals surface area contributed by atoms with Crippen molar-refractivity contribution in [3.05, 3.63) is 11.6 Å². The Balaban J connectivity index is 2.13. The molecule has 0 saturated heterocycles. The zero-order valence-electron chi connectivity index (χ0n) is 6.97. The fourth-order valence-corrected chi connectivity index (χ4v) is 2.37. The maximum absolute atomic E-state index is 11.1. The number of allylic oxidation sites excluding steroid dienone is 2. The average molecular weight is 150 g/mol. The van der Waals surface area contributed by atoms with Crippen molar-refractivity contribution in [3.8, 4) is 0 Å². The molecular weight excluding hydrogens is 136 g/mol. The van der Waals surface area contributed by atoms with Gasteiger partial charge in [0.25, 0.3) is 0 Å². The summed E-state index contributed by atoms with van der Waals surface area (Å²) in [6.07, 6.45) is 6.34. The van der Waals surface area contributed by atoms with Gasteiger partial charge < -0.3 is 0 Å². The molecule has 1 nitrogen and oxygen atoms in total. The lowest BCUT2D eigenvalue weighted by atomic mass is 9.78. The van der Waals surface area contributed by atoms with Crippen molar-refractivity contribution in [2.75, 3.05) is 0 Å². The van der Waals surface area contributed by atoms with Crippen LogP contribution in [-0.2, 0) is 4.79 Å². The molecule has 60 valence electrons. The highest BCUT2D eigenvalue weighted by Crippen LogP contribution is 2.40. The normalized spacial score (nSPS) is 36.8. The second-order valence-electron chi connectivity index (χ2n) is 3.83. The van der Waals surface area contributed by atoms with E-state index in [0.717, 1.165) is 25.2 Å². The molecule has 0 aromatic carbocycles. The van der Waals surface area contributed by atoms with Gasteiger partial charge >= 0.3 is 0 Å². The molecule has 2 atom stereocenters. The summed E-state index contributed by atoms with van der Waals surface area (Å²) in [6.45, 7) is 2.17. The molecule has 11 heavy (non-hydrogen) atoms. The largest absolute Gasteiger partial charge is 0.300 e. The molecule has 0 aromatic rings. The highest BCUT2D eigenvalue weighted by Gasteiger charge is 2.32. The highest BCUT2D eigenvalue weighted by molar-refractivity contribution is 5.80. The number of hydrogen-bond acceptors (Lipinski definition) is 1. The number of fused-ring (bicyclic) bond motifs is 1. The molecule has 0 aromatic heterocycles. The van der Waals surface area contributed by atoms with Crippen LogP contribution in [0.5, 0.6) is 0 Å². The number of ketones is 1. The van der Waals surface area contributed by atoms with Gasteiger partial charge in [0.1, 0.15) is 5.78 Å². The Labute approximate surface area is 67.5 Å².